The molecule has 6 heteroatoms. The van der Waals surface area contributed by atoms with Gasteiger partial charge in [0.2, 0.25) is 11.8 Å². The fourth-order valence-corrected chi connectivity index (χ4v) is 1.72. The molecular formula is C12H13N3O2S. The van der Waals surface area contributed by atoms with Crippen molar-refractivity contribution in [2.75, 3.05) is 22.1 Å². The summed E-state index contributed by atoms with van der Waals surface area (Å²) in [5.74, 6) is 0.190. The second kappa shape index (κ2) is 7.35. The van der Waals surface area contributed by atoms with Crippen LogP contribution < -0.4 is 10.6 Å². The van der Waals surface area contributed by atoms with Crippen molar-refractivity contribution in [3.63, 3.8) is 0 Å². The number of nitrogens with one attached hydrogen (secondary N) is 2. The third kappa shape index (κ3) is 5.37. The molecule has 0 radical (unpaired) electrons. The summed E-state index contributed by atoms with van der Waals surface area (Å²) in [6.45, 7) is 1.42. The van der Waals surface area contributed by atoms with E-state index < -0.39 is 0 Å². The minimum absolute atomic E-state index is 0.164. The first-order valence-electron chi connectivity index (χ1n) is 5.24. The lowest BCUT2D eigenvalue weighted by molar-refractivity contribution is -0.114. The predicted octanol–water partition coefficient (Wildman–Crippen LogP) is 1.84. The van der Waals surface area contributed by atoms with E-state index in [1.54, 1.807) is 24.3 Å². The van der Waals surface area contributed by atoms with Gasteiger partial charge in [0.25, 0.3) is 0 Å². The molecule has 1 aromatic carbocycles. The van der Waals surface area contributed by atoms with Crippen LogP contribution in [0.1, 0.15) is 6.92 Å². The first-order valence-corrected chi connectivity index (χ1v) is 6.39. The average molecular weight is 263 g/mol. The Bertz CT molecular complexity index is 482. The predicted molar refractivity (Wildman–Crippen MR) is 72.3 cm³/mol. The number of rotatable bonds is 5. The van der Waals surface area contributed by atoms with Crippen LogP contribution in [0.25, 0.3) is 0 Å². The Morgan fingerprint density at radius 2 is 2.00 bits per heavy atom. The molecule has 0 fully saturated rings. The first-order chi connectivity index (χ1) is 8.61. The van der Waals surface area contributed by atoms with Crippen molar-refractivity contribution in [1.29, 1.82) is 5.26 Å². The highest BCUT2D eigenvalue weighted by atomic mass is 32.2. The van der Waals surface area contributed by atoms with E-state index in [2.05, 4.69) is 10.6 Å². The maximum Gasteiger partial charge on any atom is 0.234 e. The number of amides is 2. The first kappa shape index (κ1) is 14.1. The van der Waals surface area contributed by atoms with Crippen molar-refractivity contribution < 1.29 is 9.59 Å². The summed E-state index contributed by atoms with van der Waals surface area (Å²) in [5.41, 5.74) is 1.24. The third-order valence-corrected chi connectivity index (χ3v) is 2.67. The number of nitriles is 1. The zero-order valence-electron chi connectivity index (χ0n) is 9.90. The number of thioether (sulfide) groups is 1. The Morgan fingerprint density at radius 3 is 2.61 bits per heavy atom. The molecule has 18 heavy (non-hydrogen) atoms. The van der Waals surface area contributed by atoms with Crippen LogP contribution in [0.5, 0.6) is 0 Å². The molecule has 2 amide bonds. The van der Waals surface area contributed by atoms with Crippen LogP contribution in [0.2, 0.25) is 0 Å². The van der Waals surface area contributed by atoms with Gasteiger partial charge < -0.3 is 10.6 Å². The number of anilines is 2. The zero-order chi connectivity index (χ0) is 13.4. The van der Waals surface area contributed by atoms with Gasteiger partial charge in [0.05, 0.1) is 17.6 Å². The summed E-state index contributed by atoms with van der Waals surface area (Å²) in [7, 11) is 0. The molecule has 1 aromatic rings. The van der Waals surface area contributed by atoms with Crippen LogP contribution >= 0.6 is 11.8 Å². The van der Waals surface area contributed by atoms with Crippen LogP contribution in [-0.4, -0.2) is 23.3 Å². The molecule has 0 aliphatic carbocycles. The lowest BCUT2D eigenvalue weighted by atomic mass is 10.2. The van der Waals surface area contributed by atoms with Crippen LogP contribution in [0, 0.1) is 11.3 Å². The summed E-state index contributed by atoms with van der Waals surface area (Å²) in [6.07, 6.45) is 0. The summed E-state index contributed by atoms with van der Waals surface area (Å²) in [5, 5.41) is 13.7. The quantitative estimate of drug-likeness (QED) is 0.794. The lowest BCUT2D eigenvalue weighted by Crippen LogP contribution is -2.14. The van der Waals surface area contributed by atoms with E-state index in [1.807, 2.05) is 6.07 Å². The smallest absolute Gasteiger partial charge is 0.234 e. The Morgan fingerprint density at radius 1 is 1.33 bits per heavy atom. The van der Waals surface area contributed by atoms with E-state index in [-0.39, 0.29) is 17.6 Å². The maximum absolute atomic E-state index is 11.5. The van der Waals surface area contributed by atoms with Crippen molar-refractivity contribution in [2.45, 2.75) is 6.92 Å². The molecule has 0 unspecified atom stereocenters. The minimum atomic E-state index is -0.171. The molecule has 1 rings (SSSR count). The number of hydrogen-bond donors (Lipinski definition) is 2. The molecule has 0 saturated carbocycles. The molecule has 0 spiro atoms. The van der Waals surface area contributed by atoms with E-state index >= 15 is 0 Å². The molecule has 0 atom stereocenters. The molecule has 0 bridgehead atoms. The van der Waals surface area contributed by atoms with Gasteiger partial charge >= 0.3 is 0 Å². The molecule has 0 aliphatic rings. The highest BCUT2D eigenvalue weighted by Crippen LogP contribution is 2.15. The summed E-state index contributed by atoms with van der Waals surface area (Å²) in [4.78, 5) is 22.4. The molecule has 5 nitrogen and oxygen atoms in total. The van der Waals surface area contributed by atoms with Gasteiger partial charge in [0.15, 0.2) is 0 Å². The molecule has 0 saturated heterocycles. The molecule has 2 N–H and O–H groups in total. The van der Waals surface area contributed by atoms with Crippen molar-refractivity contribution in [1.82, 2.24) is 0 Å². The molecule has 94 valence electrons. The van der Waals surface area contributed by atoms with Gasteiger partial charge in [-0.25, -0.2) is 0 Å². The van der Waals surface area contributed by atoms with Gasteiger partial charge in [0.1, 0.15) is 0 Å². The summed E-state index contributed by atoms with van der Waals surface area (Å²) < 4.78 is 0. The third-order valence-electron chi connectivity index (χ3n) is 1.87. The molecular weight excluding hydrogens is 250 g/mol. The van der Waals surface area contributed by atoms with E-state index in [0.717, 1.165) is 0 Å². The van der Waals surface area contributed by atoms with Crippen LogP contribution in [0.4, 0.5) is 11.4 Å². The Labute approximate surface area is 110 Å². The Balaban J connectivity index is 2.54. The standard InChI is InChI=1S/C12H13N3O2S/c1-9(16)14-10-3-2-4-11(7-10)15-12(17)8-18-6-5-13/h2-4,7H,6,8H2,1H3,(H,14,16)(H,15,17). The SMILES string of the molecule is CC(=O)Nc1cccc(NC(=O)CSCC#N)c1. The monoisotopic (exact) mass is 263 g/mol. The molecule has 0 aromatic heterocycles. The number of carbonyl (C=O) groups excluding carboxylic acids is 2. The number of hydrogen-bond acceptors (Lipinski definition) is 4. The van der Waals surface area contributed by atoms with Crippen LogP contribution in [0.3, 0.4) is 0 Å². The van der Waals surface area contributed by atoms with E-state index in [0.29, 0.717) is 17.1 Å². The lowest BCUT2D eigenvalue weighted by Gasteiger charge is -2.07. The van der Waals surface area contributed by atoms with E-state index in [9.17, 15) is 9.59 Å². The van der Waals surface area contributed by atoms with Gasteiger partial charge in [-0.1, -0.05) is 6.07 Å². The fourth-order valence-electron chi connectivity index (χ4n) is 1.26. The fraction of sp³-hybridized carbons (Fsp3) is 0.250. The van der Waals surface area contributed by atoms with Crippen molar-refractivity contribution >= 4 is 35.0 Å². The summed E-state index contributed by atoms with van der Waals surface area (Å²) >= 11 is 1.25. The Hall–Kier alpha value is -2.00. The van der Waals surface area contributed by atoms with Crippen LogP contribution in [0.15, 0.2) is 24.3 Å². The van der Waals surface area contributed by atoms with Crippen LogP contribution in [-0.2, 0) is 9.59 Å². The largest absolute Gasteiger partial charge is 0.326 e. The number of benzene rings is 1. The minimum Gasteiger partial charge on any atom is -0.326 e. The van der Waals surface area contributed by atoms with Crippen molar-refractivity contribution in [3.05, 3.63) is 24.3 Å². The van der Waals surface area contributed by atoms with Gasteiger partial charge in [0, 0.05) is 18.3 Å². The second-order valence-electron chi connectivity index (χ2n) is 3.46. The maximum atomic E-state index is 11.5. The van der Waals surface area contributed by atoms with Gasteiger partial charge in [-0.05, 0) is 18.2 Å². The highest BCUT2D eigenvalue weighted by Gasteiger charge is 2.03. The molecule has 0 aliphatic heterocycles. The highest BCUT2D eigenvalue weighted by molar-refractivity contribution is 8.00. The van der Waals surface area contributed by atoms with Crippen molar-refractivity contribution in [2.24, 2.45) is 0 Å². The molecule has 0 heterocycles. The normalized spacial score (nSPS) is 9.33. The summed E-state index contributed by atoms with van der Waals surface area (Å²) in [6, 6.07) is 8.84. The number of carbonyl (C=O) groups is 2. The average Bonchev–Trinajstić information content (AvgIpc) is 2.28. The second-order valence-corrected chi connectivity index (χ2v) is 4.45. The Kier molecular flexibility index (Phi) is 5.74. The van der Waals surface area contributed by atoms with Gasteiger partial charge in [-0.3, -0.25) is 9.59 Å². The van der Waals surface area contributed by atoms with Gasteiger partial charge in [-0.2, -0.15) is 5.26 Å². The zero-order valence-corrected chi connectivity index (χ0v) is 10.7. The van der Waals surface area contributed by atoms with E-state index in [4.69, 9.17) is 5.26 Å². The van der Waals surface area contributed by atoms with Crippen molar-refractivity contribution in [3.8, 4) is 6.07 Å². The van der Waals surface area contributed by atoms with E-state index in [1.165, 1.54) is 18.7 Å². The number of nitrogens with zero attached hydrogens (tertiary/aromatic N) is 1. The van der Waals surface area contributed by atoms with Gasteiger partial charge in [-0.15, -0.1) is 11.8 Å². The topological polar surface area (TPSA) is 82.0 Å².